The predicted octanol–water partition coefficient (Wildman–Crippen LogP) is 4.42. The molecule has 4 rings (SSSR count). The van der Waals surface area contributed by atoms with Crippen LogP contribution in [0.1, 0.15) is 36.5 Å². The van der Waals surface area contributed by atoms with E-state index in [0.717, 1.165) is 11.1 Å². The van der Waals surface area contributed by atoms with E-state index in [2.05, 4.69) is 10.3 Å². The van der Waals surface area contributed by atoms with Gasteiger partial charge in [-0.05, 0) is 36.6 Å². The normalized spacial score (nSPS) is 15.5. The maximum Gasteiger partial charge on any atom is 0.337 e. The Morgan fingerprint density at radius 3 is 2.55 bits per heavy atom. The highest BCUT2D eigenvalue weighted by molar-refractivity contribution is 5.99. The lowest BCUT2D eigenvalue weighted by molar-refractivity contribution is -0.384. The number of imidazole rings is 1. The van der Waals surface area contributed by atoms with E-state index >= 15 is 0 Å². The summed E-state index contributed by atoms with van der Waals surface area (Å²) in [4.78, 5) is 40.1. The first-order chi connectivity index (χ1) is 18.2. The van der Waals surface area contributed by atoms with Crippen LogP contribution in [0, 0.1) is 10.1 Å². The number of nitro benzene ring substituents is 1. The quantitative estimate of drug-likeness (QED) is 0.243. The second-order valence-corrected chi connectivity index (χ2v) is 8.77. The molecule has 10 heteroatoms. The Morgan fingerprint density at radius 1 is 1.16 bits per heavy atom. The molecule has 1 atom stereocenters. The standard InChI is InChI=1S/C28H26N4O6/c1-18-24(27(33)34)26(22-6-3-7-23(15-22)32(36)37)25(19(2)30-18)28(35)38-14-4-5-20-8-10-21(11-9-20)16-31-13-12-29-17-31/h3-13,15,17,26,30H,14,16H2,1-2H3,(H,33,34). The average molecular weight is 515 g/mol. The SMILES string of the molecule is CC1=C(C(=O)O)C(c2cccc([N+](=O)[O-])c2)C(C(=O)OCC=Cc2ccc(Cn3ccnc3)cc2)=C(C)N1. The zero-order valence-corrected chi connectivity index (χ0v) is 20.8. The van der Waals surface area contributed by atoms with Crippen LogP contribution < -0.4 is 5.32 Å². The molecule has 0 radical (unpaired) electrons. The smallest absolute Gasteiger partial charge is 0.337 e. The third-order valence-electron chi connectivity index (χ3n) is 6.15. The van der Waals surface area contributed by atoms with Gasteiger partial charge in [-0.1, -0.05) is 42.5 Å². The first-order valence-electron chi connectivity index (χ1n) is 11.8. The number of nitrogens with one attached hydrogen (secondary N) is 1. The summed E-state index contributed by atoms with van der Waals surface area (Å²) in [6.07, 6.45) is 8.88. The van der Waals surface area contributed by atoms with Crippen molar-refractivity contribution in [2.24, 2.45) is 0 Å². The van der Waals surface area contributed by atoms with Crippen molar-refractivity contribution in [1.29, 1.82) is 0 Å². The molecule has 0 bridgehead atoms. The minimum Gasteiger partial charge on any atom is -0.478 e. The number of benzene rings is 2. The largest absolute Gasteiger partial charge is 0.478 e. The topological polar surface area (TPSA) is 137 Å². The van der Waals surface area contributed by atoms with Gasteiger partial charge in [-0.2, -0.15) is 0 Å². The molecule has 0 spiro atoms. The van der Waals surface area contributed by atoms with Crippen LogP contribution in [0.5, 0.6) is 0 Å². The summed E-state index contributed by atoms with van der Waals surface area (Å²) in [5, 5.41) is 24.2. The number of rotatable bonds is 9. The van der Waals surface area contributed by atoms with Gasteiger partial charge in [0.2, 0.25) is 0 Å². The minimum atomic E-state index is -1.24. The molecular formula is C28H26N4O6. The van der Waals surface area contributed by atoms with Gasteiger partial charge in [0.15, 0.2) is 0 Å². The van der Waals surface area contributed by atoms with Crippen LogP contribution in [0.25, 0.3) is 6.08 Å². The molecule has 3 aromatic rings. The summed E-state index contributed by atoms with van der Waals surface area (Å²) >= 11 is 0. The average Bonchev–Trinajstić information content (AvgIpc) is 3.40. The number of carbonyl (C=O) groups excluding carboxylic acids is 1. The Labute approximate surface area is 218 Å². The van der Waals surface area contributed by atoms with Gasteiger partial charge in [0.1, 0.15) is 6.61 Å². The minimum absolute atomic E-state index is 0.0425. The maximum atomic E-state index is 13.2. The molecule has 0 saturated carbocycles. The second kappa shape index (κ2) is 11.4. The molecule has 2 N–H and O–H groups in total. The fourth-order valence-electron chi connectivity index (χ4n) is 4.41. The fourth-order valence-corrected chi connectivity index (χ4v) is 4.41. The van der Waals surface area contributed by atoms with Crippen molar-refractivity contribution in [1.82, 2.24) is 14.9 Å². The molecule has 1 aliphatic heterocycles. The first kappa shape index (κ1) is 26.1. The molecule has 0 amide bonds. The van der Waals surface area contributed by atoms with Crippen molar-refractivity contribution >= 4 is 23.7 Å². The lowest BCUT2D eigenvalue weighted by atomic mass is 9.80. The molecular weight excluding hydrogens is 488 g/mol. The van der Waals surface area contributed by atoms with Gasteiger partial charge in [0.25, 0.3) is 5.69 Å². The molecule has 0 saturated heterocycles. The third-order valence-corrected chi connectivity index (χ3v) is 6.15. The van der Waals surface area contributed by atoms with Crippen molar-refractivity contribution in [3.8, 4) is 0 Å². The highest BCUT2D eigenvalue weighted by Gasteiger charge is 2.37. The Kier molecular flexibility index (Phi) is 7.81. The molecule has 1 aromatic heterocycles. The maximum absolute atomic E-state index is 13.2. The Bertz CT molecular complexity index is 1450. The molecule has 38 heavy (non-hydrogen) atoms. The van der Waals surface area contributed by atoms with E-state index in [9.17, 15) is 24.8 Å². The molecule has 0 aliphatic carbocycles. The highest BCUT2D eigenvalue weighted by Crippen LogP contribution is 2.39. The van der Waals surface area contributed by atoms with Crippen molar-refractivity contribution in [3.05, 3.63) is 123 Å². The van der Waals surface area contributed by atoms with Crippen molar-refractivity contribution in [2.75, 3.05) is 6.61 Å². The van der Waals surface area contributed by atoms with E-state index in [-0.39, 0.29) is 23.4 Å². The number of hydrogen-bond donors (Lipinski definition) is 2. The lowest BCUT2D eigenvalue weighted by Gasteiger charge is -2.29. The first-order valence-corrected chi connectivity index (χ1v) is 11.8. The lowest BCUT2D eigenvalue weighted by Crippen LogP contribution is -2.31. The van der Waals surface area contributed by atoms with E-state index in [4.69, 9.17) is 4.74 Å². The fraction of sp³-hybridized carbons (Fsp3) is 0.179. The molecule has 10 nitrogen and oxygen atoms in total. The van der Waals surface area contributed by atoms with Crippen LogP contribution >= 0.6 is 0 Å². The van der Waals surface area contributed by atoms with E-state index in [0.29, 0.717) is 23.5 Å². The van der Waals surface area contributed by atoms with E-state index in [1.807, 2.05) is 41.1 Å². The molecule has 1 unspecified atom stereocenters. The zero-order chi connectivity index (χ0) is 27.2. The number of carboxylic acids is 1. The summed E-state index contributed by atoms with van der Waals surface area (Å²) in [7, 11) is 0. The Morgan fingerprint density at radius 2 is 1.89 bits per heavy atom. The number of aliphatic carboxylic acids is 1. The van der Waals surface area contributed by atoms with Gasteiger partial charge in [-0.15, -0.1) is 0 Å². The van der Waals surface area contributed by atoms with Gasteiger partial charge < -0.3 is 19.7 Å². The summed E-state index contributed by atoms with van der Waals surface area (Å²) in [6.45, 7) is 3.90. The number of carboxylic acid groups (broad SMARTS) is 1. The number of nitrogens with zero attached hydrogens (tertiary/aromatic N) is 3. The molecule has 1 aliphatic rings. The van der Waals surface area contributed by atoms with Crippen LogP contribution in [-0.2, 0) is 20.9 Å². The van der Waals surface area contributed by atoms with E-state index < -0.39 is 22.8 Å². The molecule has 194 valence electrons. The van der Waals surface area contributed by atoms with Crippen LogP contribution in [0.15, 0.2) is 95.9 Å². The molecule has 2 heterocycles. The van der Waals surface area contributed by atoms with Gasteiger partial charge in [0.05, 0.1) is 28.3 Å². The van der Waals surface area contributed by atoms with Gasteiger partial charge >= 0.3 is 11.9 Å². The van der Waals surface area contributed by atoms with E-state index in [1.165, 1.54) is 18.2 Å². The van der Waals surface area contributed by atoms with Gasteiger partial charge in [0, 0.05) is 42.5 Å². The van der Waals surface area contributed by atoms with Crippen LogP contribution in [0.4, 0.5) is 5.69 Å². The van der Waals surface area contributed by atoms with Crippen LogP contribution in [-0.4, -0.2) is 38.1 Å². The zero-order valence-electron chi connectivity index (χ0n) is 20.8. The number of dihydropyridines is 1. The molecule has 2 aromatic carbocycles. The Balaban J connectivity index is 1.49. The molecule has 0 fully saturated rings. The number of esters is 1. The van der Waals surface area contributed by atoms with Crippen LogP contribution in [0.3, 0.4) is 0 Å². The van der Waals surface area contributed by atoms with Gasteiger partial charge in [-0.25, -0.2) is 14.6 Å². The summed E-state index contributed by atoms with van der Waals surface area (Å²) < 4.78 is 7.44. The number of carbonyl (C=O) groups is 2. The second-order valence-electron chi connectivity index (χ2n) is 8.77. The van der Waals surface area contributed by atoms with E-state index in [1.54, 1.807) is 38.5 Å². The Hall–Kier alpha value is -4.99. The number of ether oxygens (including phenoxy) is 1. The van der Waals surface area contributed by atoms with Gasteiger partial charge in [-0.3, -0.25) is 10.1 Å². The number of hydrogen-bond acceptors (Lipinski definition) is 7. The number of nitro groups is 1. The monoisotopic (exact) mass is 514 g/mol. The van der Waals surface area contributed by atoms with Crippen molar-refractivity contribution < 1.29 is 24.4 Å². The summed E-state index contributed by atoms with van der Waals surface area (Å²) in [5.74, 6) is -2.98. The number of aromatic nitrogens is 2. The predicted molar refractivity (Wildman–Crippen MR) is 140 cm³/mol. The number of allylic oxidation sites excluding steroid dienone is 2. The third kappa shape index (κ3) is 5.86. The van der Waals surface area contributed by atoms with Crippen molar-refractivity contribution in [3.63, 3.8) is 0 Å². The summed E-state index contributed by atoms with van der Waals surface area (Å²) in [5.41, 5.74) is 2.93. The highest BCUT2D eigenvalue weighted by atomic mass is 16.6. The number of non-ortho nitro benzene ring substituents is 1. The van der Waals surface area contributed by atoms with Crippen molar-refractivity contribution in [2.45, 2.75) is 26.3 Å². The summed E-state index contributed by atoms with van der Waals surface area (Å²) in [6, 6.07) is 13.5. The van der Waals surface area contributed by atoms with Crippen LogP contribution in [0.2, 0.25) is 0 Å².